The molecule has 18 heavy (non-hydrogen) atoms. The Labute approximate surface area is 115 Å². The third-order valence-electron chi connectivity index (χ3n) is 3.89. The molecule has 1 N–H and O–H groups in total. The van der Waals surface area contributed by atoms with Gasteiger partial charge in [-0.15, -0.1) is 0 Å². The molecule has 0 saturated heterocycles. The van der Waals surface area contributed by atoms with E-state index < -0.39 is 10.8 Å². The van der Waals surface area contributed by atoms with Crippen molar-refractivity contribution in [1.29, 1.82) is 0 Å². The van der Waals surface area contributed by atoms with Crippen LogP contribution in [0, 0.1) is 5.92 Å². The van der Waals surface area contributed by atoms with Crippen molar-refractivity contribution in [2.75, 3.05) is 26.0 Å². The molecular formula is C14H29NO2S. The minimum absolute atomic E-state index is 0.324. The third-order valence-corrected chi connectivity index (χ3v) is 5.66. The quantitative estimate of drug-likeness (QED) is 0.739. The van der Waals surface area contributed by atoms with Crippen LogP contribution in [-0.4, -0.2) is 41.5 Å². The van der Waals surface area contributed by atoms with Gasteiger partial charge in [-0.25, -0.2) is 0 Å². The van der Waals surface area contributed by atoms with Gasteiger partial charge < -0.3 is 10.1 Å². The first-order valence-corrected chi connectivity index (χ1v) is 8.70. The van der Waals surface area contributed by atoms with E-state index in [4.69, 9.17) is 4.74 Å². The molecule has 1 rings (SSSR count). The molecule has 1 aliphatic carbocycles. The van der Waals surface area contributed by atoms with Crippen LogP contribution >= 0.6 is 0 Å². The van der Waals surface area contributed by atoms with E-state index in [1.807, 2.05) is 0 Å². The van der Waals surface area contributed by atoms with Gasteiger partial charge in [0.25, 0.3) is 0 Å². The van der Waals surface area contributed by atoms with Crippen LogP contribution in [0.15, 0.2) is 0 Å². The summed E-state index contributed by atoms with van der Waals surface area (Å²) >= 11 is 0. The average molecular weight is 275 g/mol. The van der Waals surface area contributed by atoms with Gasteiger partial charge in [0.15, 0.2) is 0 Å². The summed E-state index contributed by atoms with van der Waals surface area (Å²) in [6.07, 6.45) is 6.14. The molecule has 0 radical (unpaired) electrons. The number of hydrogen-bond acceptors (Lipinski definition) is 3. The standard InChI is InChI=1S/C14H29NO2S/c1-4-6-12-7-8-13(15-5-2)14(11-12)18(16)10-9-17-3/h12-15H,4-11H2,1-3H3. The second-order valence-corrected chi connectivity index (χ2v) is 7.02. The molecule has 0 bridgehead atoms. The van der Waals surface area contributed by atoms with E-state index in [2.05, 4.69) is 19.2 Å². The summed E-state index contributed by atoms with van der Waals surface area (Å²) in [4.78, 5) is 0. The Hall–Kier alpha value is 0.0700. The number of nitrogens with one attached hydrogen (secondary N) is 1. The highest BCUT2D eigenvalue weighted by atomic mass is 32.2. The molecular weight excluding hydrogens is 246 g/mol. The summed E-state index contributed by atoms with van der Waals surface area (Å²) in [6.45, 7) is 5.96. The van der Waals surface area contributed by atoms with Gasteiger partial charge in [0.2, 0.25) is 0 Å². The molecule has 1 saturated carbocycles. The predicted octanol–water partition coefficient (Wildman–Crippen LogP) is 2.33. The lowest BCUT2D eigenvalue weighted by molar-refractivity contribution is 0.217. The molecule has 0 heterocycles. The maximum Gasteiger partial charge on any atom is 0.0577 e. The van der Waals surface area contributed by atoms with Gasteiger partial charge in [0.1, 0.15) is 0 Å². The molecule has 0 aromatic carbocycles. The van der Waals surface area contributed by atoms with Crippen LogP contribution in [0.4, 0.5) is 0 Å². The number of methoxy groups -OCH3 is 1. The van der Waals surface area contributed by atoms with Crippen molar-refractivity contribution in [3.63, 3.8) is 0 Å². The van der Waals surface area contributed by atoms with E-state index in [0.717, 1.165) is 18.9 Å². The molecule has 3 nitrogen and oxygen atoms in total. The highest BCUT2D eigenvalue weighted by molar-refractivity contribution is 7.85. The Morgan fingerprint density at radius 2 is 2.11 bits per heavy atom. The molecule has 4 atom stereocenters. The maximum atomic E-state index is 12.4. The average Bonchev–Trinajstić information content (AvgIpc) is 2.38. The lowest BCUT2D eigenvalue weighted by Gasteiger charge is -2.36. The van der Waals surface area contributed by atoms with Gasteiger partial charge >= 0.3 is 0 Å². The Kier molecular flexibility index (Phi) is 8.11. The molecule has 0 aliphatic heterocycles. The molecule has 0 aromatic rings. The highest BCUT2D eigenvalue weighted by Gasteiger charge is 2.33. The van der Waals surface area contributed by atoms with Crippen LogP contribution in [0.1, 0.15) is 46.0 Å². The Morgan fingerprint density at radius 1 is 1.33 bits per heavy atom. The van der Waals surface area contributed by atoms with Crippen LogP contribution in [0.2, 0.25) is 0 Å². The van der Waals surface area contributed by atoms with E-state index in [-0.39, 0.29) is 0 Å². The van der Waals surface area contributed by atoms with Crippen molar-refractivity contribution < 1.29 is 8.95 Å². The zero-order valence-corrected chi connectivity index (χ0v) is 12.9. The fourth-order valence-corrected chi connectivity index (χ4v) is 4.70. The second kappa shape index (κ2) is 9.05. The first kappa shape index (κ1) is 16.1. The zero-order valence-electron chi connectivity index (χ0n) is 12.1. The van der Waals surface area contributed by atoms with Gasteiger partial charge in [0, 0.05) is 29.7 Å². The van der Waals surface area contributed by atoms with E-state index in [0.29, 0.717) is 23.7 Å². The monoisotopic (exact) mass is 275 g/mol. The van der Waals surface area contributed by atoms with Crippen LogP contribution < -0.4 is 5.32 Å². The largest absolute Gasteiger partial charge is 0.384 e. The molecule has 0 aromatic heterocycles. The molecule has 1 fully saturated rings. The maximum absolute atomic E-state index is 12.4. The van der Waals surface area contributed by atoms with E-state index in [1.54, 1.807) is 7.11 Å². The van der Waals surface area contributed by atoms with Gasteiger partial charge in [-0.1, -0.05) is 26.7 Å². The van der Waals surface area contributed by atoms with Crippen molar-refractivity contribution in [3.05, 3.63) is 0 Å². The Morgan fingerprint density at radius 3 is 2.72 bits per heavy atom. The van der Waals surface area contributed by atoms with Gasteiger partial charge in [0.05, 0.1) is 11.9 Å². The lowest BCUT2D eigenvalue weighted by Crippen LogP contribution is -2.47. The van der Waals surface area contributed by atoms with Crippen molar-refractivity contribution in [2.45, 2.75) is 57.2 Å². The highest BCUT2D eigenvalue weighted by Crippen LogP contribution is 2.31. The van der Waals surface area contributed by atoms with Crippen LogP contribution in [0.5, 0.6) is 0 Å². The predicted molar refractivity (Wildman–Crippen MR) is 78.4 cm³/mol. The Bertz CT molecular complexity index is 248. The van der Waals surface area contributed by atoms with E-state index >= 15 is 0 Å². The summed E-state index contributed by atoms with van der Waals surface area (Å²) in [5.41, 5.74) is 0. The molecule has 4 unspecified atom stereocenters. The number of ether oxygens (including phenoxy) is 1. The van der Waals surface area contributed by atoms with Crippen molar-refractivity contribution in [2.24, 2.45) is 5.92 Å². The van der Waals surface area contributed by atoms with Crippen LogP contribution in [-0.2, 0) is 15.5 Å². The first-order chi connectivity index (χ1) is 8.72. The molecule has 1 aliphatic rings. The van der Waals surface area contributed by atoms with Crippen molar-refractivity contribution >= 4 is 10.8 Å². The van der Waals surface area contributed by atoms with Crippen molar-refractivity contribution in [3.8, 4) is 0 Å². The fourth-order valence-electron chi connectivity index (χ4n) is 2.99. The van der Waals surface area contributed by atoms with Crippen molar-refractivity contribution in [1.82, 2.24) is 5.32 Å². The van der Waals surface area contributed by atoms with E-state index in [1.165, 1.54) is 25.7 Å². The fraction of sp³-hybridized carbons (Fsp3) is 1.00. The third kappa shape index (κ3) is 4.98. The first-order valence-electron chi connectivity index (χ1n) is 7.32. The van der Waals surface area contributed by atoms with Gasteiger partial charge in [-0.3, -0.25) is 4.21 Å². The number of rotatable bonds is 8. The topological polar surface area (TPSA) is 38.3 Å². The van der Waals surface area contributed by atoms with Crippen LogP contribution in [0.25, 0.3) is 0 Å². The minimum Gasteiger partial charge on any atom is -0.384 e. The molecule has 0 spiro atoms. The minimum atomic E-state index is -0.750. The molecule has 4 heteroatoms. The zero-order chi connectivity index (χ0) is 13.4. The summed E-state index contributed by atoms with van der Waals surface area (Å²) in [7, 11) is 0.931. The summed E-state index contributed by atoms with van der Waals surface area (Å²) in [6, 6.07) is 0.445. The second-order valence-electron chi connectivity index (χ2n) is 5.25. The van der Waals surface area contributed by atoms with Gasteiger partial charge in [-0.2, -0.15) is 0 Å². The summed E-state index contributed by atoms with van der Waals surface area (Å²) < 4.78 is 17.4. The molecule has 108 valence electrons. The van der Waals surface area contributed by atoms with E-state index in [9.17, 15) is 4.21 Å². The van der Waals surface area contributed by atoms with Crippen LogP contribution in [0.3, 0.4) is 0 Å². The SMILES string of the molecule is CCCC1CCC(NCC)C(S(=O)CCOC)C1. The molecule has 0 amide bonds. The van der Waals surface area contributed by atoms with Gasteiger partial charge in [-0.05, 0) is 31.7 Å². The number of hydrogen-bond donors (Lipinski definition) is 1. The summed E-state index contributed by atoms with van der Waals surface area (Å²) in [5, 5.41) is 3.85. The summed E-state index contributed by atoms with van der Waals surface area (Å²) in [5.74, 6) is 1.46. The smallest absolute Gasteiger partial charge is 0.0577 e. The Balaban J connectivity index is 2.56. The normalized spacial score (nSPS) is 30.3. The lowest BCUT2D eigenvalue weighted by atomic mass is 9.83.